The predicted octanol–water partition coefficient (Wildman–Crippen LogP) is 7.55. The van der Waals surface area contributed by atoms with Crippen molar-refractivity contribution in [3.63, 3.8) is 0 Å². The Balaban J connectivity index is 1.54. The molecule has 0 aliphatic carbocycles. The summed E-state index contributed by atoms with van der Waals surface area (Å²) in [4.78, 5) is 0. The fourth-order valence-electron chi connectivity index (χ4n) is 5.20. The van der Waals surface area contributed by atoms with E-state index in [0.717, 1.165) is 33.2 Å². The Morgan fingerprint density at radius 3 is 1.71 bits per heavy atom. The molecule has 0 aliphatic rings. The normalized spacial score (nSPS) is 11.5. The van der Waals surface area contributed by atoms with Crippen LogP contribution in [0.1, 0.15) is 5.56 Å². The van der Waals surface area contributed by atoms with Gasteiger partial charge in [-0.15, -0.1) is 0 Å². The second-order valence-corrected chi connectivity index (χ2v) is 8.50. The maximum Gasteiger partial charge on any atom is 0.0992 e. The highest BCUT2D eigenvalue weighted by atomic mass is 15.0. The zero-order valence-electron chi connectivity index (χ0n) is 18.2. The van der Waals surface area contributed by atoms with Gasteiger partial charge in [-0.1, -0.05) is 60.7 Å². The Morgan fingerprint density at radius 1 is 0.559 bits per heavy atom. The summed E-state index contributed by atoms with van der Waals surface area (Å²) in [6.45, 7) is 0. The van der Waals surface area contributed by atoms with E-state index in [1.54, 1.807) is 6.07 Å². The molecule has 2 heterocycles. The number of nitriles is 1. The number of benzene rings is 5. The first-order chi connectivity index (χ1) is 16.8. The summed E-state index contributed by atoms with van der Waals surface area (Å²) in [7, 11) is 0. The summed E-state index contributed by atoms with van der Waals surface area (Å²) in [5.41, 5.74) is 7.24. The third kappa shape index (κ3) is 2.57. The van der Waals surface area contributed by atoms with Crippen LogP contribution in [0, 0.1) is 17.4 Å². The highest BCUT2D eigenvalue weighted by Gasteiger charge is 2.15. The van der Waals surface area contributed by atoms with Crippen molar-refractivity contribution in [1.82, 2.24) is 9.13 Å². The summed E-state index contributed by atoms with van der Waals surface area (Å²) >= 11 is 0. The van der Waals surface area contributed by atoms with Gasteiger partial charge in [0, 0.05) is 39.0 Å². The molecule has 3 heteroatoms. The third-order valence-electron chi connectivity index (χ3n) is 6.63. The molecule has 5 aromatic carbocycles. The van der Waals surface area contributed by atoms with Crippen molar-refractivity contribution in [2.45, 2.75) is 0 Å². The molecule has 157 valence electrons. The average molecular weight is 433 g/mol. The van der Waals surface area contributed by atoms with Gasteiger partial charge in [0.15, 0.2) is 0 Å². The molecular formula is C31H18N3. The number of para-hydroxylation sites is 3. The van der Waals surface area contributed by atoms with Crippen molar-refractivity contribution in [1.29, 1.82) is 5.26 Å². The zero-order valence-corrected chi connectivity index (χ0v) is 18.2. The Morgan fingerprint density at radius 2 is 1.09 bits per heavy atom. The molecule has 7 aromatic rings. The van der Waals surface area contributed by atoms with Gasteiger partial charge in [-0.2, -0.15) is 5.26 Å². The molecule has 0 fully saturated rings. The number of nitrogens with zero attached hydrogens (tertiary/aromatic N) is 3. The maximum absolute atomic E-state index is 9.43. The molecule has 7 rings (SSSR count). The van der Waals surface area contributed by atoms with E-state index in [2.05, 4.69) is 112 Å². The van der Waals surface area contributed by atoms with Gasteiger partial charge < -0.3 is 9.13 Å². The third-order valence-corrected chi connectivity index (χ3v) is 6.63. The monoisotopic (exact) mass is 432 g/mol. The summed E-state index contributed by atoms with van der Waals surface area (Å²) < 4.78 is 4.57. The van der Waals surface area contributed by atoms with Crippen molar-refractivity contribution in [3.8, 4) is 17.4 Å². The molecule has 2 aromatic heterocycles. The molecule has 0 atom stereocenters. The highest BCUT2D eigenvalue weighted by Crippen LogP contribution is 2.35. The molecule has 0 bridgehead atoms. The van der Waals surface area contributed by atoms with Crippen LogP contribution in [0.5, 0.6) is 0 Å². The zero-order chi connectivity index (χ0) is 22.6. The van der Waals surface area contributed by atoms with Crippen LogP contribution in [0.15, 0.2) is 109 Å². The van der Waals surface area contributed by atoms with E-state index in [4.69, 9.17) is 0 Å². The first-order valence-electron chi connectivity index (χ1n) is 11.3. The molecule has 0 N–H and O–H groups in total. The highest BCUT2D eigenvalue weighted by molar-refractivity contribution is 6.10. The molecule has 0 aliphatic heterocycles. The molecule has 3 nitrogen and oxygen atoms in total. The van der Waals surface area contributed by atoms with E-state index in [9.17, 15) is 5.26 Å². The minimum atomic E-state index is 0.620. The topological polar surface area (TPSA) is 33.6 Å². The fourth-order valence-corrected chi connectivity index (χ4v) is 5.20. The Bertz CT molecular complexity index is 1870. The minimum absolute atomic E-state index is 0.620. The molecule has 1 radical (unpaired) electrons. The van der Waals surface area contributed by atoms with Crippen molar-refractivity contribution in [2.24, 2.45) is 0 Å². The van der Waals surface area contributed by atoms with E-state index in [1.165, 1.54) is 21.8 Å². The lowest BCUT2D eigenvalue weighted by Gasteiger charge is -2.12. The fraction of sp³-hybridized carbons (Fsp3) is 0. The summed E-state index contributed by atoms with van der Waals surface area (Å²) in [5, 5.41) is 14.1. The molecular weight excluding hydrogens is 414 g/mol. The largest absolute Gasteiger partial charge is 0.309 e. The second-order valence-electron chi connectivity index (χ2n) is 8.50. The van der Waals surface area contributed by atoms with Gasteiger partial charge in [0.1, 0.15) is 0 Å². The average Bonchev–Trinajstić information content (AvgIpc) is 3.41. The summed E-state index contributed by atoms with van der Waals surface area (Å²) in [6.07, 6.45) is 0. The number of hydrogen-bond donors (Lipinski definition) is 0. The van der Waals surface area contributed by atoms with E-state index >= 15 is 0 Å². The number of rotatable bonds is 2. The van der Waals surface area contributed by atoms with Crippen LogP contribution in [0.3, 0.4) is 0 Å². The number of hydrogen-bond acceptors (Lipinski definition) is 1. The number of fused-ring (bicyclic) bond motifs is 6. The standard InChI is InChI=1S/C31H18N3/c32-20-21-16-17-31-27(18-21)26-12-3-6-15-30(26)34(31)23-9-7-8-22(19-23)33-28-13-4-1-10-24(28)25-11-2-5-14-29(25)33/h1-16,18-19H. The van der Waals surface area contributed by atoms with Gasteiger partial charge in [-0.25, -0.2) is 0 Å². The van der Waals surface area contributed by atoms with Crippen LogP contribution in [0.2, 0.25) is 0 Å². The van der Waals surface area contributed by atoms with Crippen LogP contribution in [-0.2, 0) is 0 Å². The van der Waals surface area contributed by atoms with Crippen LogP contribution in [0.25, 0.3) is 55.0 Å². The lowest BCUT2D eigenvalue weighted by Crippen LogP contribution is -1.98. The van der Waals surface area contributed by atoms with Gasteiger partial charge in [-0.3, -0.25) is 0 Å². The van der Waals surface area contributed by atoms with Gasteiger partial charge in [0.25, 0.3) is 0 Å². The molecule has 0 saturated carbocycles. The van der Waals surface area contributed by atoms with E-state index in [1.807, 2.05) is 12.1 Å². The van der Waals surface area contributed by atoms with Gasteiger partial charge >= 0.3 is 0 Å². The van der Waals surface area contributed by atoms with Crippen molar-refractivity contribution in [3.05, 3.63) is 121 Å². The van der Waals surface area contributed by atoms with Crippen LogP contribution < -0.4 is 0 Å². The maximum atomic E-state index is 9.43. The minimum Gasteiger partial charge on any atom is -0.309 e. The Labute approximate surface area is 196 Å². The smallest absolute Gasteiger partial charge is 0.0992 e. The number of aromatic nitrogens is 2. The van der Waals surface area contributed by atoms with Crippen molar-refractivity contribution >= 4 is 43.6 Å². The lowest BCUT2D eigenvalue weighted by atomic mass is 10.1. The molecule has 34 heavy (non-hydrogen) atoms. The lowest BCUT2D eigenvalue weighted by molar-refractivity contribution is 1.13. The molecule has 0 spiro atoms. The Kier molecular flexibility index (Phi) is 3.91. The first kappa shape index (κ1) is 18.7. The van der Waals surface area contributed by atoms with Gasteiger partial charge in [-0.05, 0) is 48.5 Å². The van der Waals surface area contributed by atoms with Crippen molar-refractivity contribution in [2.75, 3.05) is 0 Å². The van der Waals surface area contributed by atoms with E-state index in [-0.39, 0.29) is 0 Å². The predicted molar refractivity (Wildman–Crippen MR) is 139 cm³/mol. The van der Waals surface area contributed by atoms with Crippen LogP contribution in [0.4, 0.5) is 0 Å². The summed E-state index contributed by atoms with van der Waals surface area (Å²) in [6, 6.07) is 43.4. The van der Waals surface area contributed by atoms with Gasteiger partial charge in [0.2, 0.25) is 0 Å². The van der Waals surface area contributed by atoms with E-state index in [0.29, 0.717) is 5.56 Å². The van der Waals surface area contributed by atoms with Crippen molar-refractivity contribution < 1.29 is 0 Å². The molecule has 0 saturated heterocycles. The molecule has 0 unspecified atom stereocenters. The van der Waals surface area contributed by atoms with Crippen LogP contribution >= 0.6 is 0 Å². The van der Waals surface area contributed by atoms with E-state index < -0.39 is 0 Å². The summed E-state index contributed by atoms with van der Waals surface area (Å²) in [5.74, 6) is 0. The van der Waals surface area contributed by atoms with Gasteiger partial charge in [0.05, 0.1) is 33.7 Å². The quantitative estimate of drug-likeness (QED) is 0.278. The second kappa shape index (κ2) is 7.10. The Hall–Kier alpha value is -4.81. The molecule has 0 amide bonds. The first-order valence-corrected chi connectivity index (χ1v) is 11.3. The SMILES string of the molecule is N#Cc1c[c]c2c(c1)c1ccccc1n2-c1cccc(-n2c3ccccc3c3ccccc32)c1. The van der Waals surface area contributed by atoms with Crippen LogP contribution in [-0.4, -0.2) is 9.13 Å².